The van der Waals surface area contributed by atoms with E-state index in [1.54, 1.807) is 0 Å². The Labute approximate surface area is 64.4 Å². The SMILES string of the molecule is COC(C)=O.[C-]#[N+]CC(=O)O. The van der Waals surface area contributed by atoms with Gasteiger partial charge >= 0.3 is 18.5 Å². The summed E-state index contributed by atoms with van der Waals surface area (Å²) in [7, 11) is 1.35. The molecular weight excluding hydrogens is 150 g/mol. The van der Waals surface area contributed by atoms with Crippen molar-refractivity contribution in [1.82, 2.24) is 0 Å². The highest BCUT2D eigenvalue weighted by molar-refractivity contribution is 5.70. The van der Waals surface area contributed by atoms with E-state index in [9.17, 15) is 9.59 Å². The number of carboxylic acid groups (broad SMARTS) is 1. The van der Waals surface area contributed by atoms with Gasteiger partial charge in [-0.1, -0.05) is 0 Å². The lowest BCUT2D eigenvalue weighted by Crippen LogP contribution is -1.95. The first-order valence-electron chi connectivity index (χ1n) is 2.64. The second kappa shape index (κ2) is 8.43. The van der Waals surface area contributed by atoms with E-state index < -0.39 is 12.5 Å². The molecule has 0 saturated carbocycles. The molecule has 5 nitrogen and oxygen atoms in total. The predicted molar refractivity (Wildman–Crippen MR) is 36.8 cm³/mol. The van der Waals surface area contributed by atoms with E-state index in [0.29, 0.717) is 0 Å². The van der Waals surface area contributed by atoms with Crippen LogP contribution in [0.1, 0.15) is 6.92 Å². The number of methoxy groups -OCH3 is 1. The molecule has 0 aliphatic heterocycles. The molecule has 0 fully saturated rings. The highest BCUT2D eigenvalue weighted by Gasteiger charge is 1.92. The molecule has 0 spiro atoms. The van der Waals surface area contributed by atoms with E-state index in [-0.39, 0.29) is 5.97 Å². The van der Waals surface area contributed by atoms with Crippen molar-refractivity contribution in [1.29, 1.82) is 0 Å². The maximum absolute atomic E-state index is 9.59. The first kappa shape index (κ1) is 12.1. The molecule has 1 N–H and O–H groups in total. The fourth-order valence-corrected chi connectivity index (χ4v) is 0.0676. The fraction of sp³-hybridized carbons (Fsp3) is 0.500. The third-order valence-corrected chi connectivity index (χ3v) is 0.502. The molecule has 0 amide bonds. The first-order valence-corrected chi connectivity index (χ1v) is 2.64. The third-order valence-electron chi connectivity index (χ3n) is 0.502. The summed E-state index contributed by atoms with van der Waals surface area (Å²) < 4.78 is 4.11. The summed E-state index contributed by atoms with van der Waals surface area (Å²) in [6, 6.07) is 0. The molecule has 0 aliphatic carbocycles. The van der Waals surface area contributed by atoms with Gasteiger partial charge in [0, 0.05) is 6.92 Å². The predicted octanol–water partition coefficient (Wildman–Crippen LogP) is 0.170. The minimum atomic E-state index is -1.06. The van der Waals surface area contributed by atoms with Crippen LogP contribution < -0.4 is 0 Å². The zero-order valence-electron chi connectivity index (χ0n) is 6.33. The van der Waals surface area contributed by atoms with Gasteiger partial charge in [-0.2, -0.15) is 0 Å². The minimum absolute atomic E-state index is 0.245. The normalized spacial score (nSPS) is 6.64. The summed E-state index contributed by atoms with van der Waals surface area (Å²) in [5, 5.41) is 7.70. The number of carboxylic acids is 1. The van der Waals surface area contributed by atoms with Gasteiger partial charge in [0.2, 0.25) is 0 Å². The van der Waals surface area contributed by atoms with Crippen LogP contribution in [0.25, 0.3) is 4.85 Å². The van der Waals surface area contributed by atoms with Crippen LogP contribution in [0.2, 0.25) is 0 Å². The van der Waals surface area contributed by atoms with Crippen molar-refractivity contribution in [2.24, 2.45) is 0 Å². The van der Waals surface area contributed by atoms with Gasteiger partial charge in [-0.25, -0.2) is 11.4 Å². The maximum Gasteiger partial charge on any atom is 0.384 e. The molecule has 0 aromatic rings. The van der Waals surface area contributed by atoms with Crippen LogP contribution in [0.15, 0.2) is 0 Å². The van der Waals surface area contributed by atoms with E-state index in [1.165, 1.54) is 14.0 Å². The Balaban J connectivity index is 0. The van der Waals surface area contributed by atoms with Gasteiger partial charge in [-0.15, -0.1) is 0 Å². The Hall–Kier alpha value is -1.57. The largest absolute Gasteiger partial charge is 0.476 e. The summed E-state index contributed by atoms with van der Waals surface area (Å²) in [6.45, 7) is 6.92. The molecule has 0 saturated heterocycles. The standard InChI is InChI=1S/C3H3NO2.C3H6O2/c1-4-2-3(5)6;1-3(4)5-2/h2H2,(H,5,6);1-2H3. The van der Waals surface area contributed by atoms with Gasteiger partial charge in [-0.05, 0) is 0 Å². The highest BCUT2D eigenvalue weighted by Crippen LogP contribution is 1.62. The molecule has 0 aliphatic rings. The van der Waals surface area contributed by atoms with Crippen molar-refractivity contribution in [2.75, 3.05) is 13.7 Å². The number of carbonyl (C=O) groups excluding carboxylic acids is 1. The van der Waals surface area contributed by atoms with Gasteiger partial charge < -0.3 is 14.7 Å². The van der Waals surface area contributed by atoms with Crippen LogP contribution in [-0.4, -0.2) is 30.7 Å². The van der Waals surface area contributed by atoms with Crippen LogP contribution in [0.3, 0.4) is 0 Å². The summed E-state index contributed by atoms with van der Waals surface area (Å²) in [5.74, 6) is -1.31. The van der Waals surface area contributed by atoms with Crippen LogP contribution in [0.5, 0.6) is 0 Å². The number of nitrogens with zero attached hydrogens (tertiary/aromatic N) is 1. The number of ether oxygens (including phenoxy) is 1. The second-order valence-electron chi connectivity index (χ2n) is 1.41. The zero-order chi connectivity index (χ0) is 9.28. The maximum atomic E-state index is 9.59. The monoisotopic (exact) mass is 159 g/mol. The van der Waals surface area contributed by atoms with Gasteiger partial charge in [0.15, 0.2) is 0 Å². The van der Waals surface area contributed by atoms with Crippen molar-refractivity contribution >= 4 is 11.9 Å². The lowest BCUT2D eigenvalue weighted by molar-refractivity contribution is -0.138. The zero-order valence-corrected chi connectivity index (χ0v) is 6.33. The number of hydrogen-bond acceptors (Lipinski definition) is 3. The molecular formula is C6H9NO4. The molecule has 0 unspecified atom stereocenters. The Morgan fingerprint density at radius 3 is 2.00 bits per heavy atom. The second-order valence-corrected chi connectivity index (χ2v) is 1.41. The van der Waals surface area contributed by atoms with E-state index in [4.69, 9.17) is 11.7 Å². The quantitative estimate of drug-likeness (QED) is 0.437. The lowest BCUT2D eigenvalue weighted by Gasteiger charge is -1.80. The Morgan fingerprint density at radius 1 is 1.64 bits per heavy atom. The van der Waals surface area contributed by atoms with Crippen LogP contribution in [0, 0.1) is 6.57 Å². The summed E-state index contributed by atoms with van der Waals surface area (Å²) in [5.41, 5.74) is 0. The lowest BCUT2D eigenvalue weighted by atomic mass is 10.7. The fourth-order valence-electron chi connectivity index (χ4n) is 0.0676. The van der Waals surface area contributed by atoms with Crippen molar-refractivity contribution in [3.05, 3.63) is 11.4 Å². The number of aliphatic carboxylic acids is 1. The van der Waals surface area contributed by atoms with Crippen LogP contribution in [-0.2, 0) is 14.3 Å². The Kier molecular flexibility index (Phi) is 9.30. The minimum Gasteiger partial charge on any atom is -0.476 e. The van der Waals surface area contributed by atoms with Gasteiger partial charge in [0.1, 0.15) is 0 Å². The molecule has 0 aromatic carbocycles. The van der Waals surface area contributed by atoms with Crippen molar-refractivity contribution in [3.63, 3.8) is 0 Å². The molecule has 5 heteroatoms. The number of rotatable bonds is 1. The Bertz CT molecular complexity index is 170. The average molecular weight is 159 g/mol. The molecule has 11 heavy (non-hydrogen) atoms. The molecule has 0 radical (unpaired) electrons. The van der Waals surface area contributed by atoms with Crippen molar-refractivity contribution < 1.29 is 19.4 Å². The van der Waals surface area contributed by atoms with E-state index in [2.05, 4.69) is 9.58 Å². The van der Waals surface area contributed by atoms with E-state index >= 15 is 0 Å². The molecule has 62 valence electrons. The molecule has 0 atom stereocenters. The van der Waals surface area contributed by atoms with Gasteiger partial charge in [-0.3, -0.25) is 4.79 Å². The third kappa shape index (κ3) is 29.6. The summed E-state index contributed by atoms with van der Waals surface area (Å²) in [6.07, 6.45) is 0. The molecule has 0 heterocycles. The van der Waals surface area contributed by atoms with Gasteiger partial charge in [0.25, 0.3) is 0 Å². The van der Waals surface area contributed by atoms with Crippen LogP contribution >= 0.6 is 0 Å². The van der Waals surface area contributed by atoms with E-state index in [1.807, 2.05) is 0 Å². The van der Waals surface area contributed by atoms with Crippen LogP contribution in [0.4, 0.5) is 0 Å². The topological polar surface area (TPSA) is 68.0 Å². The molecule has 0 bridgehead atoms. The molecule has 0 aromatic heterocycles. The smallest absolute Gasteiger partial charge is 0.384 e. The van der Waals surface area contributed by atoms with Gasteiger partial charge in [0.05, 0.1) is 7.11 Å². The molecule has 0 rings (SSSR count). The number of esters is 1. The summed E-state index contributed by atoms with van der Waals surface area (Å²) >= 11 is 0. The van der Waals surface area contributed by atoms with Crippen molar-refractivity contribution in [3.8, 4) is 0 Å². The van der Waals surface area contributed by atoms with Crippen molar-refractivity contribution in [2.45, 2.75) is 6.92 Å². The van der Waals surface area contributed by atoms with E-state index in [0.717, 1.165) is 0 Å². The highest BCUT2D eigenvalue weighted by atomic mass is 16.5. The number of hydrogen-bond donors (Lipinski definition) is 1. The summed E-state index contributed by atoms with van der Waals surface area (Å²) in [4.78, 5) is 21.6. The first-order chi connectivity index (χ1) is 5.04. The Morgan fingerprint density at radius 2 is 2.00 bits per heavy atom. The average Bonchev–Trinajstić information content (AvgIpc) is 1.89. The number of carbonyl (C=O) groups is 2.